The van der Waals surface area contributed by atoms with E-state index in [1.807, 2.05) is 61.6 Å². The molecule has 0 heterocycles. The van der Waals surface area contributed by atoms with Crippen LogP contribution in [0.1, 0.15) is 18.5 Å². The Bertz CT molecular complexity index is 912. The fraction of sp³-hybridized carbons (Fsp3) is 0.350. The smallest absolute Gasteiger partial charge is 0.279 e. The molecule has 0 saturated carbocycles. The number of nitrogens with two attached hydrogens (primary N) is 1. The van der Waals surface area contributed by atoms with E-state index in [9.17, 15) is 13.2 Å². The Balaban J connectivity index is 2.15. The van der Waals surface area contributed by atoms with Gasteiger partial charge in [-0.3, -0.25) is 4.79 Å². The molecular formula is C20H29N4O3S+. The molecule has 0 aliphatic rings. The molecule has 0 unspecified atom stereocenters. The quantitative estimate of drug-likeness (QED) is 0.692. The molecule has 0 saturated heterocycles. The first kappa shape index (κ1) is 21.9. The summed E-state index contributed by atoms with van der Waals surface area (Å²) in [5, 5.41) is 4.80. The van der Waals surface area contributed by atoms with Gasteiger partial charge in [0, 0.05) is 33.8 Å². The molecule has 0 aliphatic carbocycles. The third-order valence-electron chi connectivity index (χ3n) is 4.48. The summed E-state index contributed by atoms with van der Waals surface area (Å²) < 4.78 is 26.0. The minimum absolute atomic E-state index is 0.139. The van der Waals surface area contributed by atoms with E-state index in [1.54, 1.807) is 12.1 Å². The van der Waals surface area contributed by atoms with Crippen LogP contribution in [0.25, 0.3) is 0 Å². The van der Waals surface area contributed by atoms with E-state index >= 15 is 0 Å². The van der Waals surface area contributed by atoms with E-state index in [0.29, 0.717) is 5.69 Å². The van der Waals surface area contributed by atoms with Crippen LogP contribution in [-0.2, 0) is 14.8 Å². The van der Waals surface area contributed by atoms with Gasteiger partial charge in [0.1, 0.15) is 6.04 Å². The average Bonchev–Trinajstić information content (AvgIpc) is 2.66. The maximum absolute atomic E-state index is 12.5. The molecule has 0 spiro atoms. The summed E-state index contributed by atoms with van der Waals surface area (Å²) in [6, 6.07) is 14.8. The molecule has 1 atom stereocenters. The molecule has 1 amide bonds. The zero-order valence-corrected chi connectivity index (χ0v) is 17.8. The molecule has 2 rings (SSSR count). The van der Waals surface area contributed by atoms with Crippen LogP contribution < -0.4 is 15.5 Å². The van der Waals surface area contributed by atoms with Gasteiger partial charge in [-0.15, -0.1) is 0 Å². The zero-order valence-electron chi connectivity index (χ0n) is 17.0. The Morgan fingerprint density at radius 2 is 1.71 bits per heavy atom. The molecule has 3 N–H and O–H groups in total. The predicted octanol–water partition coefficient (Wildman–Crippen LogP) is 1.27. The Labute approximate surface area is 167 Å². The van der Waals surface area contributed by atoms with Gasteiger partial charge in [0.25, 0.3) is 5.91 Å². The zero-order chi connectivity index (χ0) is 20.9. The lowest BCUT2D eigenvalue weighted by atomic mass is 10.1. The van der Waals surface area contributed by atoms with Gasteiger partial charge in [-0.05, 0) is 25.1 Å². The summed E-state index contributed by atoms with van der Waals surface area (Å²) in [6.45, 7) is 2.27. The van der Waals surface area contributed by atoms with E-state index in [-0.39, 0.29) is 23.4 Å². The standard InChI is InChI=1S/C20H28N4O3S/c1-15(16-9-7-6-8-10-16)21-14-20(25)22-18-13-17(28(26,27)24(4)5)11-12-19(18)23(2)3/h6-13,15,21H,14H2,1-5H3,(H,22,25)/p+1/t15-/m0/s1. The third kappa shape index (κ3) is 5.31. The summed E-state index contributed by atoms with van der Waals surface area (Å²) in [6.07, 6.45) is 0. The van der Waals surface area contributed by atoms with Crippen LogP contribution in [0.4, 0.5) is 11.4 Å². The van der Waals surface area contributed by atoms with Crippen molar-refractivity contribution in [2.45, 2.75) is 17.9 Å². The number of hydrogen-bond acceptors (Lipinski definition) is 4. The lowest BCUT2D eigenvalue weighted by Crippen LogP contribution is -2.86. The van der Waals surface area contributed by atoms with E-state index < -0.39 is 10.0 Å². The van der Waals surface area contributed by atoms with Gasteiger partial charge in [0.05, 0.1) is 16.3 Å². The number of carbonyl (C=O) groups is 1. The van der Waals surface area contributed by atoms with E-state index in [1.165, 1.54) is 20.2 Å². The summed E-state index contributed by atoms with van der Waals surface area (Å²) in [5.74, 6) is -0.190. The van der Waals surface area contributed by atoms with Gasteiger partial charge >= 0.3 is 0 Å². The van der Waals surface area contributed by atoms with Crippen molar-refractivity contribution >= 4 is 27.3 Å². The highest BCUT2D eigenvalue weighted by molar-refractivity contribution is 7.89. The van der Waals surface area contributed by atoms with Gasteiger partial charge in [-0.25, -0.2) is 12.7 Å². The number of carbonyl (C=O) groups excluding carboxylic acids is 1. The second-order valence-corrected chi connectivity index (χ2v) is 9.20. The van der Waals surface area contributed by atoms with Crippen LogP contribution in [0.5, 0.6) is 0 Å². The number of sulfonamides is 1. The van der Waals surface area contributed by atoms with Gasteiger partial charge in [-0.2, -0.15) is 0 Å². The van der Waals surface area contributed by atoms with Crippen LogP contribution in [0.15, 0.2) is 53.4 Å². The number of hydrogen-bond donors (Lipinski definition) is 2. The van der Waals surface area contributed by atoms with Gasteiger partial charge < -0.3 is 15.5 Å². The fourth-order valence-corrected chi connectivity index (χ4v) is 3.68. The van der Waals surface area contributed by atoms with Gasteiger partial charge in [0.15, 0.2) is 6.54 Å². The summed E-state index contributed by atoms with van der Waals surface area (Å²) >= 11 is 0. The molecule has 0 radical (unpaired) electrons. The van der Waals surface area contributed by atoms with Crippen molar-refractivity contribution in [3.63, 3.8) is 0 Å². The van der Waals surface area contributed by atoms with E-state index in [4.69, 9.17) is 0 Å². The summed E-state index contributed by atoms with van der Waals surface area (Å²) in [7, 11) is 3.06. The molecular weight excluding hydrogens is 376 g/mol. The number of nitrogens with zero attached hydrogens (tertiary/aromatic N) is 2. The molecule has 7 nitrogen and oxygen atoms in total. The van der Waals surface area contributed by atoms with Crippen molar-refractivity contribution in [1.82, 2.24) is 4.31 Å². The Kier molecular flexibility index (Phi) is 7.17. The molecule has 0 aromatic heterocycles. The minimum Gasteiger partial charge on any atom is -0.376 e. The lowest BCUT2D eigenvalue weighted by Gasteiger charge is -2.20. The molecule has 2 aromatic rings. The largest absolute Gasteiger partial charge is 0.376 e. The topological polar surface area (TPSA) is 86.3 Å². The molecule has 0 bridgehead atoms. The van der Waals surface area contributed by atoms with Gasteiger partial charge in [0.2, 0.25) is 10.0 Å². The van der Waals surface area contributed by atoms with E-state index in [0.717, 1.165) is 15.6 Å². The van der Waals surface area contributed by atoms with Crippen molar-refractivity contribution < 1.29 is 18.5 Å². The highest BCUT2D eigenvalue weighted by Crippen LogP contribution is 2.28. The predicted molar refractivity (Wildman–Crippen MR) is 112 cm³/mol. The number of rotatable bonds is 8. The second-order valence-electron chi connectivity index (χ2n) is 7.05. The normalized spacial score (nSPS) is 12.6. The minimum atomic E-state index is -3.58. The van der Waals surface area contributed by atoms with Crippen LogP contribution >= 0.6 is 0 Å². The highest BCUT2D eigenvalue weighted by Gasteiger charge is 2.20. The van der Waals surface area contributed by atoms with E-state index in [2.05, 4.69) is 5.32 Å². The Hall–Kier alpha value is -2.42. The van der Waals surface area contributed by atoms with Crippen LogP contribution in [0.2, 0.25) is 0 Å². The number of amides is 1. The fourth-order valence-electron chi connectivity index (χ4n) is 2.75. The van der Waals surface area contributed by atoms with Crippen LogP contribution in [0, 0.1) is 0 Å². The summed E-state index contributed by atoms with van der Waals surface area (Å²) in [4.78, 5) is 14.5. The maximum Gasteiger partial charge on any atom is 0.279 e. The van der Waals surface area contributed by atoms with Crippen molar-refractivity contribution in [3.05, 3.63) is 54.1 Å². The number of anilines is 2. The van der Waals surface area contributed by atoms with Gasteiger partial charge in [-0.1, -0.05) is 30.3 Å². The first-order valence-electron chi connectivity index (χ1n) is 9.05. The Morgan fingerprint density at radius 1 is 1.07 bits per heavy atom. The molecule has 0 aliphatic heterocycles. The monoisotopic (exact) mass is 405 g/mol. The average molecular weight is 406 g/mol. The van der Waals surface area contributed by atoms with Crippen molar-refractivity contribution in [2.24, 2.45) is 0 Å². The SMILES string of the molecule is C[C@H]([NH2+]CC(=O)Nc1cc(S(=O)(=O)N(C)C)ccc1N(C)C)c1ccccc1. The second kappa shape index (κ2) is 9.18. The highest BCUT2D eigenvalue weighted by atomic mass is 32.2. The van der Waals surface area contributed by atoms with Crippen molar-refractivity contribution in [2.75, 3.05) is 45.0 Å². The van der Waals surface area contributed by atoms with Crippen molar-refractivity contribution in [3.8, 4) is 0 Å². The lowest BCUT2D eigenvalue weighted by molar-refractivity contribution is -0.682. The first-order valence-corrected chi connectivity index (χ1v) is 10.5. The number of nitrogens with one attached hydrogen (secondary N) is 1. The number of benzene rings is 2. The van der Waals surface area contributed by atoms with Crippen LogP contribution in [0.3, 0.4) is 0 Å². The van der Waals surface area contributed by atoms with Crippen molar-refractivity contribution in [1.29, 1.82) is 0 Å². The molecule has 2 aromatic carbocycles. The third-order valence-corrected chi connectivity index (χ3v) is 6.30. The molecule has 152 valence electrons. The molecule has 8 heteroatoms. The number of quaternary nitrogens is 1. The first-order chi connectivity index (χ1) is 13.1. The molecule has 28 heavy (non-hydrogen) atoms. The van der Waals surface area contributed by atoms with Crippen LogP contribution in [-0.4, -0.2) is 53.4 Å². The maximum atomic E-state index is 12.5. The summed E-state index contributed by atoms with van der Waals surface area (Å²) in [5.41, 5.74) is 2.35. The molecule has 0 fully saturated rings. The Morgan fingerprint density at radius 3 is 2.29 bits per heavy atom.